The molecule has 3 N–H and O–H groups in total. The molecule has 3 nitrogen and oxygen atoms in total. The first-order valence-electron chi connectivity index (χ1n) is 5.58. The molecular weight excluding hydrogens is 368 g/mol. The lowest BCUT2D eigenvalue weighted by Gasteiger charge is -2.19. The average Bonchev–Trinajstić information content (AvgIpc) is 2.86. The highest BCUT2D eigenvalue weighted by Gasteiger charge is 2.25. The molecule has 1 aromatic heterocycles. The number of halogens is 2. The Morgan fingerprint density at radius 3 is 2.59 bits per heavy atom. The Morgan fingerprint density at radius 2 is 2.12 bits per heavy atom. The van der Waals surface area contributed by atoms with Crippen molar-refractivity contribution in [3.05, 3.63) is 19.2 Å². The van der Waals surface area contributed by atoms with E-state index < -0.39 is 0 Å². The van der Waals surface area contributed by atoms with E-state index in [4.69, 9.17) is 5.73 Å². The summed E-state index contributed by atoms with van der Waals surface area (Å²) in [6.45, 7) is 0. The molecule has 1 aliphatic rings. The fourth-order valence-electron chi connectivity index (χ4n) is 2.14. The number of amides is 1. The van der Waals surface area contributed by atoms with Crippen LogP contribution in [0.2, 0.25) is 0 Å². The van der Waals surface area contributed by atoms with E-state index in [2.05, 4.69) is 37.2 Å². The van der Waals surface area contributed by atoms with Gasteiger partial charge in [-0.15, -0.1) is 11.3 Å². The van der Waals surface area contributed by atoms with Crippen LogP contribution < -0.4 is 11.1 Å². The molecule has 1 amide bonds. The third kappa shape index (κ3) is 3.30. The van der Waals surface area contributed by atoms with Crippen molar-refractivity contribution in [3.8, 4) is 0 Å². The maximum absolute atomic E-state index is 11.5. The molecule has 6 heteroatoms. The highest BCUT2D eigenvalue weighted by molar-refractivity contribution is 9.13. The van der Waals surface area contributed by atoms with Gasteiger partial charge in [0.05, 0.1) is 3.79 Å². The average molecular weight is 382 g/mol. The summed E-state index contributed by atoms with van der Waals surface area (Å²) >= 11 is 8.41. The molecule has 1 heterocycles. The van der Waals surface area contributed by atoms with Gasteiger partial charge in [0.15, 0.2) is 0 Å². The zero-order valence-electron chi connectivity index (χ0n) is 9.21. The summed E-state index contributed by atoms with van der Waals surface area (Å²) in [5, 5.41) is 3.37. The van der Waals surface area contributed by atoms with E-state index in [9.17, 15) is 4.79 Å². The van der Waals surface area contributed by atoms with Gasteiger partial charge in [0.2, 0.25) is 5.91 Å². The van der Waals surface area contributed by atoms with Crippen molar-refractivity contribution in [1.82, 2.24) is 5.32 Å². The van der Waals surface area contributed by atoms with Crippen molar-refractivity contribution in [2.75, 3.05) is 0 Å². The zero-order chi connectivity index (χ0) is 12.4. The van der Waals surface area contributed by atoms with Gasteiger partial charge in [0, 0.05) is 15.4 Å². The number of thiophene rings is 1. The molecule has 2 rings (SSSR count). The van der Waals surface area contributed by atoms with E-state index in [1.165, 1.54) is 12.8 Å². The van der Waals surface area contributed by atoms with Gasteiger partial charge in [0.25, 0.3) is 0 Å². The summed E-state index contributed by atoms with van der Waals surface area (Å²) in [6.07, 6.45) is 4.75. The number of primary amides is 1. The Bertz CT molecular complexity index is 396. The molecule has 17 heavy (non-hydrogen) atoms. The fourth-order valence-corrected chi connectivity index (χ4v) is 4.30. The first-order valence-corrected chi connectivity index (χ1v) is 7.98. The molecule has 0 saturated heterocycles. The number of hydrogen-bond donors (Lipinski definition) is 2. The molecule has 0 bridgehead atoms. The van der Waals surface area contributed by atoms with Gasteiger partial charge in [0.1, 0.15) is 6.04 Å². The van der Waals surface area contributed by atoms with Crippen LogP contribution in [0.15, 0.2) is 14.3 Å². The van der Waals surface area contributed by atoms with Crippen molar-refractivity contribution in [2.45, 2.75) is 37.8 Å². The van der Waals surface area contributed by atoms with Gasteiger partial charge in [-0.3, -0.25) is 10.1 Å². The smallest absolute Gasteiger partial charge is 0.240 e. The minimum atomic E-state index is -0.370. The van der Waals surface area contributed by atoms with Gasteiger partial charge in [-0.25, -0.2) is 0 Å². The number of carbonyl (C=O) groups excluding carboxylic acids is 1. The Kier molecular flexibility index (Phi) is 4.63. The lowest BCUT2D eigenvalue weighted by molar-refractivity contribution is -0.120. The summed E-state index contributed by atoms with van der Waals surface area (Å²) in [7, 11) is 0. The number of nitrogens with two attached hydrogens (primary N) is 1. The Balaban J connectivity index is 2.13. The number of rotatable bonds is 4. The first-order chi connectivity index (χ1) is 8.08. The standard InChI is InChI=1S/C11H14Br2N2OS/c12-7-5-8(17-10(7)13)9(11(14)16)15-6-3-1-2-4-6/h5-6,9,15H,1-4H2,(H2,14,16). The van der Waals surface area contributed by atoms with E-state index >= 15 is 0 Å². The molecule has 94 valence electrons. The lowest BCUT2D eigenvalue weighted by Crippen LogP contribution is -2.38. The van der Waals surface area contributed by atoms with Crippen molar-refractivity contribution < 1.29 is 4.79 Å². The summed E-state index contributed by atoms with van der Waals surface area (Å²) in [5.41, 5.74) is 5.48. The molecule has 1 aromatic rings. The van der Waals surface area contributed by atoms with E-state index in [1.54, 1.807) is 11.3 Å². The maximum atomic E-state index is 11.5. The predicted molar refractivity (Wildman–Crippen MR) is 77.0 cm³/mol. The molecule has 1 fully saturated rings. The third-order valence-corrected chi connectivity index (χ3v) is 6.31. The predicted octanol–water partition coefficient (Wildman–Crippen LogP) is 3.33. The second-order valence-electron chi connectivity index (χ2n) is 4.25. The Morgan fingerprint density at radius 1 is 1.47 bits per heavy atom. The molecule has 1 atom stereocenters. The normalized spacial score (nSPS) is 18.5. The van der Waals surface area contributed by atoms with Gasteiger partial charge in [-0.05, 0) is 50.8 Å². The first kappa shape index (κ1) is 13.5. The number of hydrogen-bond acceptors (Lipinski definition) is 3. The largest absolute Gasteiger partial charge is 0.368 e. The molecule has 0 radical (unpaired) electrons. The quantitative estimate of drug-likeness (QED) is 0.840. The van der Waals surface area contributed by atoms with Crippen LogP contribution in [0.3, 0.4) is 0 Å². The van der Waals surface area contributed by atoms with Crippen LogP contribution in [-0.4, -0.2) is 11.9 Å². The molecule has 0 aliphatic heterocycles. The topological polar surface area (TPSA) is 55.1 Å². The number of nitrogens with one attached hydrogen (secondary N) is 1. The van der Waals surface area contributed by atoms with Crippen LogP contribution in [0.25, 0.3) is 0 Å². The highest BCUT2D eigenvalue weighted by Crippen LogP contribution is 2.36. The van der Waals surface area contributed by atoms with Crippen molar-refractivity contribution >= 4 is 49.1 Å². The van der Waals surface area contributed by atoms with Crippen LogP contribution in [0.1, 0.15) is 36.6 Å². The summed E-state index contributed by atoms with van der Waals surface area (Å²) in [5.74, 6) is -0.307. The van der Waals surface area contributed by atoms with E-state index in [1.807, 2.05) is 6.07 Å². The van der Waals surface area contributed by atoms with Gasteiger partial charge in [-0.2, -0.15) is 0 Å². The Labute approximate surface area is 121 Å². The second-order valence-corrected chi connectivity index (χ2v) is 7.51. The van der Waals surface area contributed by atoms with Crippen molar-refractivity contribution in [2.24, 2.45) is 5.73 Å². The van der Waals surface area contributed by atoms with E-state index in [0.717, 1.165) is 26.0 Å². The molecule has 1 saturated carbocycles. The molecule has 0 spiro atoms. The minimum absolute atomic E-state index is 0.307. The van der Waals surface area contributed by atoms with Crippen LogP contribution in [0.5, 0.6) is 0 Å². The van der Waals surface area contributed by atoms with E-state index in [-0.39, 0.29) is 11.9 Å². The minimum Gasteiger partial charge on any atom is -0.368 e. The third-order valence-electron chi connectivity index (χ3n) is 2.99. The SMILES string of the molecule is NC(=O)C(NC1CCCC1)c1cc(Br)c(Br)s1. The van der Waals surface area contributed by atoms with Crippen LogP contribution >= 0.6 is 43.2 Å². The zero-order valence-corrected chi connectivity index (χ0v) is 13.2. The van der Waals surface area contributed by atoms with Gasteiger partial charge < -0.3 is 5.73 Å². The molecule has 0 aromatic carbocycles. The van der Waals surface area contributed by atoms with E-state index in [0.29, 0.717) is 6.04 Å². The van der Waals surface area contributed by atoms with Crippen LogP contribution in [0, 0.1) is 0 Å². The van der Waals surface area contributed by atoms with Crippen molar-refractivity contribution in [1.29, 1.82) is 0 Å². The molecule has 1 aliphatic carbocycles. The summed E-state index contributed by atoms with van der Waals surface area (Å²) in [4.78, 5) is 12.5. The summed E-state index contributed by atoms with van der Waals surface area (Å²) < 4.78 is 1.96. The fraction of sp³-hybridized carbons (Fsp3) is 0.545. The monoisotopic (exact) mass is 380 g/mol. The highest BCUT2D eigenvalue weighted by atomic mass is 79.9. The number of carbonyl (C=O) groups is 1. The molecular formula is C11H14Br2N2OS. The molecule has 1 unspecified atom stereocenters. The second kappa shape index (κ2) is 5.82. The van der Waals surface area contributed by atoms with Crippen LogP contribution in [-0.2, 0) is 4.79 Å². The van der Waals surface area contributed by atoms with Crippen LogP contribution in [0.4, 0.5) is 0 Å². The summed E-state index contributed by atoms with van der Waals surface area (Å²) in [6, 6.07) is 2.00. The Hall–Kier alpha value is 0.0900. The van der Waals surface area contributed by atoms with Gasteiger partial charge >= 0.3 is 0 Å². The lowest BCUT2D eigenvalue weighted by atomic mass is 10.1. The van der Waals surface area contributed by atoms with Gasteiger partial charge in [-0.1, -0.05) is 12.8 Å². The maximum Gasteiger partial charge on any atom is 0.240 e. The van der Waals surface area contributed by atoms with Crippen molar-refractivity contribution in [3.63, 3.8) is 0 Å².